The number of nitrogens with zero attached hydrogens (tertiary/aromatic N) is 2. The van der Waals surface area contributed by atoms with E-state index in [9.17, 15) is 0 Å². The summed E-state index contributed by atoms with van der Waals surface area (Å²) < 4.78 is 5.23. The number of oxime groups is 1. The van der Waals surface area contributed by atoms with Crippen molar-refractivity contribution in [1.29, 1.82) is 0 Å². The molecule has 4 N–H and O–H groups in total. The number of rotatable bonds is 5. The number of methoxy groups -OCH3 is 1. The maximum atomic E-state index is 8.84. The van der Waals surface area contributed by atoms with Crippen LogP contribution in [0.5, 0.6) is 5.75 Å². The zero-order valence-corrected chi connectivity index (χ0v) is 12.7. The van der Waals surface area contributed by atoms with Gasteiger partial charge in [0.05, 0.1) is 12.7 Å². The van der Waals surface area contributed by atoms with Crippen LogP contribution in [0.15, 0.2) is 23.4 Å². The van der Waals surface area contributed by atoms with Crippen molar-refractivity contribution in [2.24, 2.45) is 10.9 Å². The number of nitrogens with one attached hydrogen (secondary N) is 1. The third-order valence-corrected chi connectivity index (χ3v) is 3.96. The van der Waals surface area contributed by atoms with Crippen LogP contribution in [0.4, 0.5) is 0 Å². The molecule has 0 atom stereocenters. The van der Waals surface area contributed by atoms with Crippen molar-refractivity contribution in [3.05, 3.63) is 29.3 Å². The Kier molecular flexibility index (Phi) is 5.41. The highest BCUT2D eigenvalue weighted by atomic mass is 16.5. The normalized spacial score (nSPS) is 17.9. The third-order valence-electron chi connectivity index (χ3n) is 3.96. The molecule has 1 heterocycles. The molecule has 0 spiro atoms. The van der Waals surface area contributed by atoms with Crippen molar-refractivity contribution < 1.29 is 9.94 Å². The molecule has 1 saturated heterocycles. The molecule has 1 fully saturated rings. The summed E-state index contributed by atoms with van der Waals surface area (Å²) in [6.07, 6.45) is 2.33. The number of piperidine rings is 1. The molecule has 1 aromatic rings. The fraction of sp³-hybridized carbons (Fsp3) is 0.533. The van der Waals surface area contributed by atoms with Gasteiger partial charge in [-0.2, -0.15) is 0 Å². The summed E-state index contributed by atoms with van der Waals surface area (Å²) in [5, 5.41) is 15.5. The summed E-state index contributed by atoms with van der Waals surface area (Å²) in [5.41, 5.74) is 7.40. The Morgan fingerprint density at radius 1 is 1.48 bits per heavy atom. The monoisotopic (exact) mass is 292 g/mol. The minimum atomic E-state index is 0.0630. The lowest BCUT2D eigenvalue weighted by molar-refractivity contribution is 0.234. The smallest absolute Gasteiger partial charge is 0.173 e. The maximum absolute atomic E-state index is 8.84. The van der Waals surface area contributed by atoms with Gasteiger partial charge in [0.15, 0.2) is 5.84 Å². The Labute approximate surface area is 125 Å². The molecule has 0 amide bonds. The molecule has 0 aliphatic carbocycles. The molecule has 1 aliphatic rings. The van der Waals surface area contributed by atoms with Gasteiger partial charge in [0, 0.05) is 12.6 Å². The van der Waals surface area contributed by atoms with E-state index in [0.29, 0.717) is 17.4 Å². The molecule has 1 aromatic carbocycles. The minimum Gasteiger partial charge on any atom is -0.496 e. The Morgan fingerprint density at radius 2 is 2.19 bits per heavy atom. The first-order chi connectivity index (χ1) is 10.1. The first-order valence-electron chi connectivity index (χ1n) is 7.20. The number of hydrogen-bond donors (Lipinski definition) is 3. The predicted molar refractivity (Wildman–Crippen MR) is 82.9 cm³/mol. The second-order valence-electron chi connectivity index (χ2n) is 5.48. The van der Waals surface area contributed by atoms with Gasteiger partial charge < -0.3 is 25.9 Å². The number of nitrogens with two attached hydrogens (primary N) is 1. The lowest BCUT2D eigenvalue weighted by Gasteiger charge is -2.29. The molecule has 0 aromatic heterocycles. The van der Waals surface area contributed by atoms with Crippen molar-refractivity contribution in [3.8, 4) is 5.75 Å². The fourth-order valence-electron chi connectivity index (χ4n) is 2.59. The van der Waals surface area contributed by atoms with E-state index in [2.05, 4.69) is 22.4 Å². The average Bonchev–Trinajstić information content (AvgIpc) is 2.53. The van der Waals surface area contributed by atoms with Crippen LogP contribution in [0.25, 0.3) is 0 Å². The van der Waals surface area contributed by atoms with E-state index in [1.165, 1.54) is 12.8 Å². The molecule has 116 valence electrons. The summed E-state index contributed by atoms with van der Waals surface area (Å²) in [7, 11) is 3.73. The van der Waals surface area contributed by atoms with Crippen molar-refractivity contribution >= 4 is 5.84 Å². The van der Waals surface area contributed by atoms with Gasteiger partial charge in [0.25, 0.3) is 0 Å². The number of ether oxygens (including phenoxy) is 1. The molecule has 0 unspecified atom stereocenters. The molecule has 6 nitrogen and oxygen atoms in total. The highest BCUT2D eigenvalue weighted by Crippen LogP contribution is 2.20. The van der Waals surface area contributed by atoms with Gasteiger partial charge >= 0.3 is 0 Å². The van der Waals surface area contributed by atoms with Crippen LogP contribution in [0.3, 0.4) is 0 Å². The molecule has 2 rings (SSSR count). The quantitative estimate of drug-likeness (QED) is 0.326. The molecule has 0 radical (unpaired) electrons. The Morgan fingerprint density at radius 3 is 2.81 bits per heavy atom. The Bertz CT molecular complexity index is 496. The van der Waals surface area contributed by atoms with Gasteiger partial charge in [0.2, 0.25) is 0 Å². The van der Waals surface area contributed by atoms with Gasteiger partial charge in [-0.15, -0.1) is 0 Å². The fourth-order valence-corrected chi connectivity index (χ4v) is 2.59. The van der Waals surface area contributed by atoms with Crippen LogP contribution >= 0.6 is 0 Å². The molecule has 0 bridgehead atoms. The van der Waals surface area contributed by atoms with Crippen LogP contribution < -0.4 is 15.8 Å². The van der Waals surface area contributed by atoms with E-state index in [1.54, 1.807) is 7.11 Å². The Balaban J connectivity index is 2.00. The van der Waals surface area contributed by atoms with E-state index in [4.69, 9.17) is 15.7 Å². The number of likely N-dealkylation sites (tertiary alicyclic amines) is 1. The molecule has 1 aliphatic heterocycles. The highest BCUT2D eigenvalue weighted by molar-refractivity contribution is 5.99. The van der Waals surface area contributed by atoms with Gasteiger partial charge in [-0.05, 0) is 50.7 Å². The van der Waals surface area contributed by atoms with Crippen LogP contribution in [-0.2, 0) is 6.54 Å². The van der Waals surface area contributed by atoms with Crippen LogP contribution in [0.2, 0.25) is 0 Å². The van der Waals surface area contributed by atoms with Crippen LogP contribution in [-0.4, -0.2) is 49.2 Å². The van der Waals surface area contributed by atoms with Crippen molar-refractivity contribution in [2.75, 3.05) is 27.2 Å². The van der Waals surface area contributed by atoms with Gasteiger partial charge in [0.1, 0.15) is 5.75 Å². The lowest BCUT2D eigenvalue weighted by Crippen LogP contribution is -2.40. The summed E-state index contributed by atoms with van der Waals surface area (Å²) in [6, 6.07) is 6.29. The topological polar surface area (TPSA) is 83.1 Å². The van der Waals surface area contributed by atoms with E-state index in [-0.39, 0.29) is 5.84 Å². The average molecular weight is 292 g/mol. The third kappa shape index (κ3) is 4.09. The van der Waals surface area contributed by atoms with Crippen molar-refractivity contribution in [3.63, 3.8) is 0 Å². The van der Waals surface area contributed by atoms with E-state index >= 15 is 0 Å². The second-order valence-corrected chi connectivity index (χ2v) is 5.48. The molecule has 0 saturated carbocycles. The van der Waals surface area contributed by atoms with Crippen LogP contribution in [0.1, 0.15) is 24.0 Å². The molecular weight excluding hydrogens is 268 g/mol. The van der Waals surface area contributed by atoms with E-state index < -0.39 is 0 Å². The van der Waals surface area contributed by atoms with Gasteiger partial charge in [-0.25, -0.2) is 0 Å². The van der Waals surface area contributed by atoms with Gasteiger partial charge in [-0.1, -0.05) is 11.2 Å². The molecule has 6 heteroatoms. The summed E-state index contributed by atoms with van der Waals surface area (Å²) in [5.74, 6) is 0.668. The zero-order chi connectivity index (χ0) is 15.2. The van der Waals surface area contributed by atoms with Crippen molar-refractivity contribution in [2.45, 2.75) is 25.4 Å². The predicted octanol–water partition coefficient (Wildman–Crippen LogP) is 0.974. The maximum Gasteiger partial charge on any atom is 0.173 e. The highest BCUT2D eigenvalue weighted by Gasteiger charge is 2.16. The van der Waals surface area contributed by atoms with Crippen LogP contribution in [0, 0.1) is 0 Å². The first kappa shape index (κ1) is 15.6. The minimum absolute atomic E-state index is 0.0630. The van der Waals surface area contributed by atoms with Gasteiger partial charge in [-0.3, -0.25) is 0 Å². The number of benzene rings is 1. The molecule has 21 heavy (non-hydrogen) atoms. The summed E-state index contributed by atoms with van der Waals surface area (Å²) >= 11 is 0. The van der Waals surface area contributed by atoms with E-state index in [0.717, 1.165) is 25.2 Å². The summed E-state index contributed by atoms with van der Waals surface area (Å²) in [4.78, 5) is 2.35. The molecular formula is C15H24N4O2. The first-order valence-corrected chi connectivity index (χ1v) is 7.20. The SMILES string of the molecule is COc1ccc(CNC2CCN(C)CC2)cc1C(N)=NO. The summed E-state index contributed by atoms with van der Waals surface area (Å²) in [6.45, 7) is 3.04. The largest absolute Gasteiger partial charge is 0.496 e. The van der Waals surface area contributed by atoms with Crippen molar-refractivity contribution in [1.82, 2.24) is 10.2 Å². The number of amidine groups is 1. The van der Waals surface area contributed by atoms with E-state index in [1.807, 2.05) is 18.2 Å². The number of hydrogen-bond acceptors (Lipinski definition) is 5. The zero-order valence-electron chi connectivity index (χ0n) is 12.7. The lowest BCUT2D eigenvalue weighted by atomic mass is 10.0. The Hall–Kier alpha value is -1.79. The standard InChI is InChI=1S/C15H24N4O2/c1-19-7-5-12(6-8-19)17-10-11-3-4-14(21-2)13(9-11)15(16)18-20/h3-4,9,12,17,20H,5-8,10H2,1-2H3,(H2,16,18). The second kappa shape index (κ2) is 7.28.